The summed E-state index contributed by atoms with van der Waals surface area (Å²) >= 11 is 1.15. The summed E-state index contributed by atoms with van der Waals surface area (Å²) in [4.78, 5) is 41.0. The predicted octanol–water partition coefficient (Wildman–Crippen LogP) is 2.01. The molecule has 2 aromatic rings. The third-order valence-electron chi connectivity index (χ3n) is 2.76. The summed E-state index contributed by atoms with van der Waals surface area (Å²) in [5.41, 5.74) is 1.57. The van der Waals surface area contributed by atoms with E-state index in [1.54, 1.807) is 31.2 Å². The summed E-state index contributed by atoms with van der Waals surface area (Å²) in [5, 5.41) is 3.13. The Bertz CT molecular complexity index is 753. The van der Waals surface area contributed by atoms with Crippen LogP contribution in [0.4, 0.5) is 5.69 Å². The van der Waals surface area contributed by atoms with Gasteiger partial charge in [0.1, 0.15) is 0 Å². The number of anilines is 1. The quantitative estimate of drug-likeness (QED) is 0.500. The summed E-state index contributed by atoms with van der Waals surface area (Å²) in [6.07, 6.45) is 0. The van der Waals surface area contributed by atoms with Crippen molar-refractivity contribution >= 4 is 29.1 Å². The molecule has 1 aromatic heterocycles. The Morgan fingerprint density at radius 3 is 2.55 bits per heavy atom. The minimum absolute atomic E-state index is 0.0251. The highest BCUT2D eigenvalue weighted by Crippen LogP contribution is 2.14. The number of aromatic nitrogens is 2. The Balaban J connectivity index is 1.92. The van der Waals surface area contributed by atoms with Gasteiger partial charge in [-0.15, -0.1) is 0 Å². The van der Waals surface area contributed by atoms with Crippen LogP contribution in [0.1, 0.15) is 23.0 Å². The van der Waals surface area contributed by atoms with Crippen molar-refractivity contribution in [2.24, 2.45) is 0 Å². The lowest BCUT2D eigenvalue weighted by atomic mass is 10.1. The molecule has 0 aliphatic heterocycles. The van der Waals surface area contributed by atoms with Crippen LogP contribution in [0, 0.1) is 6.92 Å². The normalized spacial score (nSPS) is 10.3. The molecule has 0 saturated heterocycles. The average molecular weight is 317 g/mol. The minimum Gasteiger partial charge on any atom is -0.325 e. The lowest BCUT2D eigenvalue weighted by molar-refractivity contribution is -0.113. The average Bonchev–Trinajstić information content (AvgIpc) is 2.45. The molecule has 1 aromatic carbocycles. The molecule has 0 atom stereocenters. The number of ketones is 1. The number of aryl methyl sites for hydroxylation is 1. The fourth-order valence-electron chi connectivity index (χ4n) is 1.74. The van der Waals surface area contributed by atoms with Gasteiger partial charge in [-0.05, 0) is 38.1 Å². The van der Waals surface area contributed by atoms with Gasteiger partial charge in [-0.25, -0.2) is 4.98 Å². The largest absolute Gasteiger partial charge is 0.325 e. The first-order valence-electron chi connectivity index (χ1n) is 6.55. The van der Waals surface area contributed by atoms with E-state index in [9.17, 15) is 14.4 Å². The smallest absolute Gasteiger partial charge is 0.251 e. The topological polar surface area (TPSA) is 91.9 Å². The number of benzene rings is 1. The van der Waals surface area contributed by atoms with Crippen molar-refractivity contribution in [3.8, 4) is 0 Å². The van der Waals surface area contributed by atoms with Crippen molar-refractivity contribution in [2.75, 3.05) is 11.1 Å². The molecule has 0 spiro atoms. The zero-order chi connectivity index (χ0) is 16.1. The second-order valence-corrected chi connectivity index (χ2v) is 5.63. The number of nitrogens with one attached hydrogen (secondary N) is 2. The zero-order valence-electron chi connectivity index (χ0n) is 12.2. The van der Waals surface area contributed by atoms with E-state index >= 15 is 0 Å². The monoisotopic (exact) mass is 317 g/mol. The number of amides is 1. The first-order valence-corrected chi connectivity index (χ1v) is 7.54. The van der Waals surface area contributed by atoms with Crippen LogP contribution >= 0.6 is 11.8 Å². The number of rotatable bonds is 5. The molecule has 0 saturated carbocycles. The highest BCUT2D eigenvalue weighted by atomic mass is 32.2. The second kappa shape index (κ2) is 7.04. The molecule has 0 aliphatic carbocycles. The van der Waals surface area contributed by atoms with E-state index in [0.29, 0.717) is 22.1 Å². The van der Waals surface area contributed by atoms with E-state index in [2.05, 4.69) is 15.3 Å². The summed E-state index contributed by atoms with van der Waals surface area (Å²) < 4.78 is 0. The van der Waals surface area contributed by atoms with Gasteiger partial charge in [-0.2, -0.15) is 0 Å². The molecule has 1 amide bonds. The number of aromatic amines is 1. The van der Waals surface area contributed by atoms with Crippen LogP contribution in [-0.4, -0.2) is 27.4 Å². The minimum atomic E-state index is -0.241. The SMILES string of the molecule is CC(=O)c1ccc(NC(=O)CSc2nc(C)cc(=O)[nH]2)cc1. The molecule has 0 aliphatic rings. The molecule has 7 heteroatoms. The van der Waals surface area contributed by atoms with Crippen molar-refractivity contribution in [1.82, 2.24) is 9.97 Å². The molecule has 1 heterocycles. The molecule has 0 bridgehead atoms. The Morgan fingerprint density at radius 2 is 1.95 bits per heavy atom. The fraction of sp³-hybridized carbons (Fsp3) is 0.200. The summed E-state index contributed by atoms with van der Waals surface area (Å²) in [6.45, 7) is 3.20. The van der Waals surface area contributed by atoms with Gasteiger partial charge in [0.15, 0.2) is 10.9 Å². The number of carbonyl (C=O) groups excluding carboxylic acids is 2. The van der Waals surface area contributed by atoms with Gasteiger partial charge >= 0.3 is 0 Å². The third kappa shape index (κ3) is 4.56. The maximum absolute atomic E-state index is 11.9. The first kappa shape index (κ1) is 16.0. The van der Waals surface area contributed by atoms with Gasteiger partial charge in [0.05, 0.1) is 5.75 Å². The highest BCUT2D eigenvalue weighted by Gasteiger charge is 2.06. The maximum atomic E-state index is 11.9. The van der Waals surface area contributed by atoms with E-state index < -0.39 is 0 Å². The van der Waals surface area contributed by atoms with Crippen molar-refractivity contribution in [1.29, 1.82) is 0 Å². The van der Waals surface area contributed by atoms with Crippen LogP contribution in [-0.2, 0) is 4.79 Å². The molecule has 0 unspecified atom stereocenters. The Labute approximate surface area is 131 Å². The number of H-pyrrole nitrogens is 1. The Kier molecular flexibility index (Phi) is 5.11. The number of carbonyl (C=O) groups is 2. The van der Waals surface area contributed by atoms with Gasteiger partial charge in [-0.1, -0.05) is 11.8 Å². The molecular formula is C15H15N3O3S. The number of hydrogen-bond donors (Lipinski definition) is 2. The molecule has 22 heavy (non-hydrogen) atoms. The van der Waals surface area contributed by atoms with Gasteiger partial charge in [0.25, 0.3) is 5.56 Å². The molecule has 2 rings (SSSR count). The van der Waals surface area contributed by atoms with Gasteiger partial charge < -0.3 is 10.3 Å². The predicted molar refractivity (Wildman–Crippen MR) is 85.4 cm³/mol. The first-order chi connectivity index (χ1) is 10.4. The second-order valence-electron chi connectivity index (χ2n) is 4.66. The van der Waals surface area contributed by atoms with Crippen molar-refractivity contribution in [3.05, 3.63) is 51.9 Å². The molecule has 2 N–H and O–H groups in total. The molecule has 114 valence electrons. The van der Waals surface area contributed by atoms with E-state index in [0.717, 1.165) is 11.8 Å². The van der Waals surface area contributed by atoms with E-state index in [1.807, 2.05) is 0 Å². The molecular weight excluding hydrogens is 302 g/mol. The summed E-state index contributed by atoms with van der Waals surface area (Å²) in [5.74, 6) is -0.117. The molecule has 0 radical (unpaired) electrons. The maximum Gasteiger partial charge on any atom is 0.251 e. The molecule has 0 fully saturated rings. The van der Waals surface area contributed by atoms with Crippen LogP contribution in [0.5, 0.6) is 0 Å². The van der Waals surface area contributed by atoms with Crippen molar-refractivity contribution in [3.63, 3.8) is 0 Å². The lowest BCUT2D eigenvalue weighted by Gasteiger charge is -2.05. The van der Waals surface area contributed by atoms with E-state index in [4.69, 9.17) is 0 Å². The zero-order valence-corrected chi connectivity index (χ0v) is 13.0. The van der Waals surface area contributed by atoms with Gasteiger partial charge in [0, 0.05) is 23.0 Å². The summed E-state index contributed by atoms with van der Waals surface area (Å²) in [6, 6.07) is 8.05. The van der Waals surface area contributed by atoms with Crippen LogP contribution in [0.2, 0.25) is 0 Å². The van der Waals surface area contributed by atoms with Crippen LogP contribution in [0.3, 0.4) is 0 Å². The Hall–Kier alpha value is -2.41. The van der Waals surface area contributed by atoms with Gasteiger partial charge in [0.2, 0.25) is 5.91 Å². The lowest BCUT2D eigenvalue weighted by Crippen LogP contribution is -2.15. The van der Waals surface area contributed by atoms with Gasteiger partial charge in [-0.3, -0.25) is 14.4 Å². The van der Waals surface area contributed by atoms with Crippen LogP contribution in [0.25, 0.3) is 0 Å². The highest BCUT2D eigenvalue weighted by molar-refractivity contribution is 7.99. The van der Waals surface area contributed by atoms with Crippen molar-refractivity contribution in [2.45, 2.75) is 19.0 Å². The number of Topliss-reactive ketones (excluding diaryl/α,β-unsaturated/α-hetero) is 1. The fourth-order valence-corrected chi connectivity index (χ4v) is 2.46. The number of thioether (sulfide) groups is 1. The number of nitrogens with zero attached hydrogens (tertiary/aromatic N) is 1. The van der Waals surface area contributed by atoms with E-state index in [-0.39, 0.29) is 23.0 Å². The number of hydrogen-bond acceptors (Lipinski definition) is 5. The third-order valence-corrected chi connectivity index (χ3v) is 3.64. The molecule has 6 nitrogen and oxygen atoms in total. The van der Waals surface area contributed by atoms with Crippen LogP contribution in [0.15, 0.2) is 40.3 Å². The van der Waals surface area contributed by atoms with Crippen molar-refractivity contribution < 1.29 is 9.59 Å². The van der Waals surface area contributed by atoms with E-state index in [1.165, 1.54) is 13.0 Å². The van der Waals surface area contributed by atoms with Crippen LogP contribution < -0.4 is 10.9 Å². The Morgan fingerprint density at radius 1 is 1.27 bits per heavy atom. The standard InChI is InChI=1S/C15H15N3O3S/c1-9-7-13(20)18-15(16-9)22-8-14(21)17-12-5-3-11(4-6-12)10(2)19/h3-7H,8H2,1-2H3,(H,17,21)(H,16,18,20). The summed E-state index contributed by atoms with van der Waals surface area (Å²) in [7, 11) is 0.